The van der Waals surface area contributed by atoms with Gasteiger partial charge in [-0.05, 0) is 49.7 Å². The Bertz CT molecular complexity index is 1950. The van der Waals surface area contributed by atoms with Gasteiger partial charge >= 0.3 is 19.9 Å². The molecule has 15 nitrogen and oxygen atoms in total. The van der Waals surface area contributed by atoms with Crippen molar-refractivity contribution in [3.05, 3.63) is 76.8 Å². The number of esters is 1. The summed E-state index contributed by atoms with van der Waals surface area (Å²) in [5, 5.41) is 26.6. The molecule has 2 aromatic carbocycles. The van der Waals surface area contributed by atoms with Crippen LogP contribution in [0.15, 0.2) is 55.1 Å². The maximum absolute atomic E-state index is 14.5. The number of aliphatic hydroxyl groups excluding tert-OH is 1. The lowest BCUT2D eigenvalue weighted by Crippen LogP contribution is -2.50. The summed E-state index contributed by atoms with van der Waals surface area (Å²) in [7, 11) is -3.26. The zero-order chi connectivity index (χ0) is 35.5. The minimum Gasteiger partial charge on any atom is -0.459 e. The number of hydrazine groups is 1. The quantitative estimate of drug-likeness (QED) is 0.0845. The third-order valence-corrected chi connectivity index (χ3v) is 10.2. The minimum atomic E-state index is -4.80. The number of nitrogens with one attached hydrogen (secondary N) is 1. The largest absolute Gasteiger partial charge is 0.460 e. The Kier molecular flexibility index (Phi) is 8.90. The predicted molar refractivity (Wildman–Crippen MR) is 166 cm³/mol. The summed E-state index contributed by atoms with van der Waals surface area (Å²) in [6, 6.07) is 8.74. The maximum Gasteiger partial charge on any atom is 0.460 e. The second-order valence-electron chi connectivity index (χ2n) is 11.8. The van der Waals surface area contributed by atoms with Gasteiger partial charge in [0, 0.05) is 17.6 Å². The lowest BCUT2D eigenvalue weighted by atomic mass is 9.85. The van der Waals surface area contributed by atoms with Crippen molar-refractivity contribution in [1.29, 1.82) is 0 Å². The third kappa shape index (κ3) is 6.34. The number of carbonyl (C=O) groups excluding carboxylic acids is 1. The molecule has 4 aromatic rings. The Labute approximate surface area is 281 Å². The van der Waals surface area contributed by atoms with Gasteiger partial charge in [-0.25, -0.2) is 30.2 Å². The first kappa shape index (κ1) is 35.0. The minimum absolute atomic E-state index is 0.0553. The van der Waals surface area contributed by atoms with Crippen LogP contribution in [0.1, 0.15) is 36.8 Å². The molecule has 6 atom stereocenters. The summed E-state index contributed by atoms with van der Waals surface area (Å²) in [4.78, 5) is 25.8. The van der Waals surface area contributed by atoms with Crippen molar-refractivity contribution in [3.8, 4) is 5.75 Å². The van der Waals surface area contributed by atoms with E-state index in [1.54, 1.807) is 7.05 Å². The van der Waals surface area contributed by atoms with Gasteiger partial charge in [0.15, 0.2) is 23.2 Å². The number of ether oxygens (including phenoxy) is 2. The van der Waals surface area contributed by atoms with Crippen LogP contribution in [-0.2, 0) is 41.7 Å². The topological polar surface area (TPSA) is 196 Å². The Hall–Kier alpha value is -3.87. The van der Waals surface area contributed by atoms with Crippen LogP contribution in [0, 0.1) is 0 Å². The van der Waals surface area contributed by atoms with Crippen LogP contribution in [-0.4, -0.2) is 67.2 Å². The number of carbonyl (C=O) groups is 1. The highest BCUT2D eigenvalue weighted by molar-refractivity contribution is 7.52. The van der Waals surface area contributed by atoms with Gasteiger partial charge in [0.1, 0.15) is 42.0 Å². The summed E-state index contributed by atoms with van der Waals surface area (Å²) in [6.45, 7) is 1.07. The number of nitrogens with zero attached hydrogens (tertiary/aromatic N) is 5. The molecule has 5 N–H and O–H groups in total. The molecule has 2 aromatic heterocycles. The van der Waals surface area contributed by atoms with E-state index in [1.807, 2.05) is 0 Å². The van der Waals surface area contributed by atoms with E-state index >= 15 is 0 Å². The van der Waals surface area contributed by atoms with E-state index in [4.69, 9.17) is 36.0 Å². The van der Waals surface area contributed by atoms with Crippen molar-refractivity contribution in [2.24, 2.45) is 5.84 Å². The molecule has 20 heteroatoms. The Morgan fingerprint density at radius 1 is 1.20 bits per heavy atom. The van der Waals surface area contributed by atoms with Crippen LogP contribution in [0.25, 0.3) is 11.2 Å². The monoisotopic (exact) mass is 727 g/mol. The third-order valence-electron chi connectivity index (χ3n) is 8.27. The SMILES string of the molecule is CN(N)c1ncnc2c1ncn2C1OC(COP(=O)(NC2(C)C(=O)OCc3c(C(F)(F)F)cccc32)Oc2ccc(Cl)cc2)[C@@H](O)[C@@]1(C)O. The zero-order valence-corrected chi connectivity index (χ0v) is 27.6. The van der Waals surface area contributed by atoms with E-state index in [1.165, 1.54) is 66.4 Å². The smallest absolute Gasteiger partial charge is 0.459 e. The number of nitrogens with two attached hydrogens (primary N) is 1. The number of halogens is 4. The Morgan fingerprint density at radius 3 is 2.59 bits per heavy atom. The van der Waals surface area contributed by atoms with E-state index in [9.17, 15) is 32.7 Å². The van der Waals surface area contributed by atoms with Gasteiger partial charge in [-0.2, -0.15) is 18.3 Å². The number of cyclic esters (lactones) is 1. The average molecular weight is 728 g/mol. The summed E-state index contributed by atoms with van der Waals surface area (Å²) in [5.74, 6) is 5.01. The Morgan fingerprint density at radius 2 is 1.92 bits per heavy atom. The van der Waals surface area contributed by atoms with Crippen LogP contribution in [0.3, 0.4) is 0 Å². The van der Waals surface area contributed by atoms with Crippen molar-refractivity contribution in [3.63, 3.8) is 0 Å². The number of hydrogen-bond acceptors (Lipinski definition) is 13. The van der Waals surface area contributed by atoms with E-state index in [-0.39, 0.29) is 33.9 Å². The lowest BCUT2D eigenvalue weighted by molar-refractivity contribution is -0.156. The van der Waals surface area contributed by atoms with Gasteiger partial charge in [0.25, 0.3) is 0 Å². The molecule has 1 saturated heterocycles. The van der Waals surface area contributed by atoms with E-state index < -0.39 is 68.2 Å². The number of aliphatic hydroxyl groups is 2. The molecule has 2 aliphatic heterocycles. The molecule has 1 fully saturated rings. The summed E-state index contributed by atoms with van der Waals surface area (Å²) >= 11 is 5.98. The predicted octanol–water partition coefficient (Wildman–Crippen LogP) is 3.58. The normalized spacial score (nSPS) is 26.7. The summed E-state index contributed by atoms with van der Waals surface area (Å²) in [5.41, 5.74) is -5.26. The van der Waals surface area contributed by atoms with Crippen molar-refractivity contribution in [1.82, 2.24) is 24.6 Å². The number of alkyl halides is 3. The summed E-state index contributed by atoms with van der Waals surface area (Å²) < 4.78 is 80.1. The highest BCUT2D eigenvalue weighted by atomic mass is 35.5. The van der Waals surface area contributed by atoms with Crippen LogP contribution in [0.5, 0.6) is 5.75 Å². The molecular weight excluding hydrogens is 698 g/mol. The fourth-order valence-electron chi connectivity index (χ4n) is 5.78. The molecule has 0 spiro atoms. The van der Waals surface area contributed by atoms with Gasteiger partial charge < -0.3 is 24.2 Å². The molecule has 262 valence electrons. The van der Waals surface area contributed by atoms with Crippen molar-refractivity contribution < 1.29 is 51.3 Å². The molecule has 0 saturated carbocycles. The van der Waals surface area contributed by atoms with Gasteiger partial charge in [-0.3, -0.25) is 14.1 Å². The zero-order valence-electron chi connectivity index (χ0n) is 26.0. The average Bonchev–Trinajstić information content (AvgIpc) is 3.56. The van der Waals surface area contributed by atoms with Crippen LogP contribution >= 0.6 is 19.3 Å². The molecule has 0 bridgehead atoms. The van der Waals surface area contributed by atoms with Crippen molar-refractivity contribution in [2.45, 2.75) is 56.2 Å². The number of benzene rings is 2. The number of imidazole rings is 1. The van der Waals surface area contributed by atoms with Crippen molar-refractivity contribution >= 4 is 42.3 Å². The van der Waals surface area contributed by atoms with Gasteiger partial charge in [0.05, 0.1) is 18.5 Å². The highest BCUT2D eigenvalue weighted by Gasteiger charge is 2.55. The molecular formula is C29H30ClF3N7O8P. The number of rotatable bonds is 9. The number of hydrogen-bond donors (Lipinski definition) is 4. The van der Waals surface area contributed by atoms with E-state index in [0.717, 1.165) is 12.1 Å². The molecule has 4 heterocycles. The molecule has 2 aliphatic rings. The van der Waals surface area contributed by atoms with Gasteiger partial charge in [0.2, 0.25) is 0 Å². The second-order valence-corrected chi connectivity index (χ2v) is 13.9. The molecule has 4 unspecified atom stereocenters. The molecule has 0 amide bonds. The number of anilines is 1. The van der Waals surface area contributed by atoms with Gasteiger partial charge in [-0.15, -0.1) is 0 Å². The summed E-state index contributed by atoms with van der Waals surface area (Å²) in [6.07, 6.45) is -6.61. The van der Waals surface area contributed by atoms with Crippen molar-refractivity contribution in [2.75, 3.05) is 18.7 Å². The van der Waals surface area contributed by atoms with Crippen LogP contribution < -0.4 is 20.5 Å². The van der Waals surface area contributed by atoms with Crippen LogP contribution in [0.2, 0.25) is 5.02 Å². The number of fused-ring (bicyclic) bond motifs is 2. The van der Waals surface area contributed by atoms with Gasteiger partial charge in [-0.1, -0.05) is 23.7 Å². The lowest BCUT2D eigenvalue weighted by Gasteiger charge is -2.37. The first-order valence-electron chi connectivity index (χ1n) is 14.5. The first-order valence-corrected chi connectivity index (χ1v) is 16.4. The van der Waals surface area contributed by atoms with E-state index in [2.05, 4.69) is 20.0 Å². The molecule has 0 radical (unpaired) electrons. The van der Waals surface area contributed by atoms with E-state index in [0.29, 0.717) is 5.02 Å². The fourth-order valence-corrected chi connectivity index (χ4v) is 7.57. The maximum atomic E-state index is 14.5. The molecule has 0 aliphatic carbocycles. The molecule has 49 heavy (non-hydrogen) atoms. The highest BCUT2D eigenvalue weighted by Crippen LogP contribution is 2.52. The first-order chi connectivity index (χ1) is 22.9. The molecule has 6 rings (SSSR count). The number of aromatic nitrogens is 4. The van der Waals surface area contributed by atoms with Crippen LogP contribution in [0.4, 0.5) is 19.0 Å². The second kappa shape index (κ2) is 12.5. The standard InChI is InChI=1S/C29H30ClF3N7O8P/c1-27(18-5-4-6-19(29(31,32)33)17(18)11-45-26(27)42)38-49(44,48-16-9-7-15(30)8-10-16)46-12-20-22(41)28(2,43)25(47-20)40-14-37-21-23(39(3)34)35-13-36-24(21)40/h4-10,13-14,20,22,25,41,43H,11-12,34H2,1-3H3,(H,38,44)/t20?,22-,25?,27?,28-,49?/m1/s1. The fraction of sp³-hybridized carbons (Fsp3) is 0.379. The Balaban J connectivity index is 1.32.